The van der Waals surface area contributed by atoms with E-state index in [9.17, 15) is 0 Å². The molecule has 3 atom stereocenters. The highest BCUT2D eigenvalue weighted by Crippen LogP contribution is 2.31. The van der Waals surface area contributed by atoms with E-state index in [4.69, 9.17) is 18.6 Å². The lowest BCUT2D eigenvalue weighted by Gasteiger charge is -2.35. The van der Waals surface area contributed by atoms with Gasteiger partial charge in [0.05, 0.1) is 12.7 Å². The third kappa shape index (κ3) is 4.31. The monoisotopic (exact) mass is 392 g/mol. The molecule has 29 heavy (non-hydrogen) atoms. The Hall–Kier alpha value is -1.59. The summed E-state index contributed by atoms with van der Waals surface area (Å²) < 4.78 is 24.2. The molecule has 0 spiro atoms. The average Bonchev–Trinajstić information content (AvgIpc) is 3.08. The summed E-state index contributed by atoms with van der Waals surface area (Å²) in [6.45, 7) is 14.0. The van der Waals surface area contributed by atoms with Gasteiger partial charge in [-0.25, -0.2) is 0 Å². The number of benzene rings is 2. The largest absolute Gasteiger partial charge is 0.494 e. The fraction of sp³-hybridized carbons (Fsp3) is 0.478. The Morgan fingerprint density at radius 2 is 1.28 bits per heavy atom. The van der Waals surface area contributed by atoms with E-state index in [1.807, 2.05) is 6.92 Å². The van der Waals surface area contributed by atoms with Crippen molar-refractivity contribution in [3.63, 3.8) is 0 Å². The van der Waals surface area contributed by atoms with Crippen molar-refractivity contribution < 1.29 is 18.6 Å². The van der Waals surface area contributed by atoms with Gasteiger partial charge < -0.3 is 18.6 Å². The van der Waals surface area contributed by atoms with Crippen LogP contribution >= 0.6 is 0 Å². The van der Waals surface area contributed by atoms with Crippen molar-refractivity contribution in [2.45, 2.75) is 59.7 Å². The molecule has 4 rings (SSSR count). The van der Waals surface area contributed by atoms with Crippen LogP contribution in [0.5, 0.6) is 0 Å². The first-order valence-electron chi connectivity index (χ1n) is 10.5. The van der Waals surface area contributed by atoms with Crippen LogP contribution in [0.4, 0.5) is 0 Å². The molecule has 0 aliphatic carbocycles. The maximum atomic E-state index is 6.33. The highest BCUT2D eigenvalue weighted by atomic mass is 16.6. The molecule has 0 amide bonds. The van der Waals surface area contributed by atoms with Crippen LogP contribution in [0.2, 0.25) is 0 Å². The van der Waals surface area contributed by atoms with Gasteiger partial charge in [-0.1, -0.05) is 41.5 Å². The van der Waals surface area contributed by atoms with Crippen LogP contribution in [0, 0.1) is 27.7 Å². The first kappa shape index (κ1) is 20.7. The van der Waals surface area contributed by atoms with Crippen molar-refractivity contribution >= 4 is 25.2 Å². The summed E-state index contributed by atoms with van der Waals surface area (Å²) in [5.41, 5.74) is 8.44. The molecule has 0 N–H and O–H groups in total. The van der Waals surface area contributed by atoms with Gasteiger partial charge in [-0.05, 0) is 69.2 Å². The molecule has 0 saturated carbocycles. The second-order valence-electron chi connectivity index (χ2n) is 8.71. The molecule has 152 valence electrons. The molecule has 2 aliphatic heterocycles. The van der Waals surface area contributed by atoms with Crippen molar-refractivity contribution in [1.29, 1.82) is 0 Å². The van der Waals surface area contributed by atoms with Gasteiger partial charge in [-0.15, -0.1) is 0 Å². The van der Waals surface area contributed by atoms with Crippen molar-refractivity contribution in [3.8, 4) is 0 Å². The topological polar surface area (TPSA) is 36.9 Å². The lowest BCUT2D eigenvalue weighted by Crippen LogP contribution is -2.47. The normalized spacial score (nSPS) is 25.0. The van der Waals surface area contributed by atoms with E-state index in [-0.39, 0.29) is 32.4 Å². The molecule has 6 heteroatoms. The number of rotatable bonds is 3. The average molecular weight is 392 g/mol. The molecule has 4 nitrogen and oxygen atoms in total. The van der Waals surface area contributed by atoms with Gasteiger partial charge in [0.25, 0.3) is 0 Å². The molecule has 2 aliphatic rings. The minimum atomic E-state index is -0.304. The lowest BCUT2D eigenvalue weighted by molar-refractivity contribution is 0.0626. The van der Waals surface area contributed by atoms with Crippen molar-refractivity contribution in [2.24, 2.45) is 0 Å². The van der Waals surface area contributed by atoms with Gasteiger partial charge >= 0.3 is 14.2 Å². The maximum Gasteiger partial charge on any atom is 0.494 e. The Bertz CT molecular complexity index is 857. The van der Waals surface area contributed by atoms with Gasteiger partial charge in [0, 0.05) is 18.6 Å². The van der Waals surface area contributed by atoms with Gasteiger partial charge in [0.2, 0.25) is 0 Å². The van der Waals surface area contributed by atoms with E-state index < -0.39 is 0 Å². The predicted octanol–water partition coefficient (Wildman–Crippen LogP) is 2.97. The summed E-state index contributed by atoms with van der Waals surface area (Å²) >= 11 is 0. The Balaban J connectivity index is 1.53. The quantitative estimate of drug-likeness (QED) is 0.753. The van der Waals surface area contributed by atoms with Crippen molar-refractivity contribution in [1.82, 2.24) is 0 Å². The van der Waals surface area contributed by atoms with E-state index in [0.29, 0.717) is 13.2 Å². The molecule has 2 saturated heterocycles. The van der Waals surface area contributed by atoms with Gasteiger partial charge in [0.1, 0.15) is 0 Å². The van der Waals surface area contributed by atoms with Crippen LogP contribution in [-0.4, -0.2) is 39.7 Å². The lowest BCUT2D eigenvalue weighted by atomic mass is 9.72. The Kier molecular flexibility index (Phi) is 5.89. The third-order valence-corrected chi connectivity index (χ3v) is 5.95. The van der Waals surface area contributed by atoms with Gasteiger partial charge in [-0.3, -0.25) is 0 Å². The van der Waals surface area contributed by atoms with Gasteiger partial charge in [0.15, 0.2) is 0 Å². The van der Waals surface area contributed by atoms with Crippen LogP contribution in [0.15, 0.2) is 30.3 Å². The SMILES string of the molecule is Cc1cc(C)cc(B2OCC(c3c(C)cc(B4OCC(C)O4)cc3C)C(C)O2)c1. The summed E-state index contributed by atoms with van der Waals surface area (Å²) in [6, 6.07) is 10.9. The zero-order valence-electron chi connectivity index (χ0n) is 18.3. The second kappa shape index (κ2) is 8.27. The summed E-state index contributed by atoms with van der Waals surface area (Å²) in [7, 11) is -0.566. The first-order chi connectivity index (χ1) is 13.8. The molecule has 0 radical (unpaired) electrons. The molecular weight excluding hydrogens is 362 g/mol. The molecule has 2 aromatic rings. The maximum absolute atomic E-state index is 6.33. The van der Waals surface area contributed by atoms with Crippen molar-refractivity contribution in [3.05, 3.63) is 58.1 Å². The summed E-state index contributed by atoms with van der Waals surface area (Å²) in [5, 5.41) is 0. The van der Waals surface area contributed by atoms with Crippen LogP contribution in [-0.2, 0) is 18.6 Å². The molecule has 0 aromatic heterocycles. The molecule has 3 unspecified atom stereocenters. The Morgan fingerprint density at radius 1 is 0.724 bits per heavy atom. The Morgan fingerprint density at radius 3 is 1.83 bits per heavy atom. The van der Waals surface area contributed by atoms with Crippen LogP contribution in [0.3, 0.4) is 0 Å². The number of hydrogen-bond acceptors (Lipinski definition) is 4. The summed E-state index contributed by atoms with van der Waals surface area (Å²) in [5.74, 6) is 0.204. The number of hydrogen-bond donors (Lipinski definition) is 0. The minimum absolute atomic E-state index is 0.0665. The second-order valence-corrected chi connectivity index (χ2v) is 8.71. The first-order valence-corrected chi connectivity index (χ1v) is 10.5. The zero-order valence-corrected chi connectivity index (χ0v) is 18.3. The van der Waals surface area contributed by atoms with E-state index >= 15 is 0 Å². The Labute approximate surface area is 175 Å². The smallest absolute Gasteiger partial charge is 0.407 e. The molecule has 0 bridgehead atoms. The molecule has 2 heterocycles. The van der Waals surface area contributed by atoms with E-state index in [1.54, 1.807) is 0 Å². The molecule has 2 fully saturated rings. The fourth-order valence-electron chi connectivity index (χ4n) is 4.71. The summed E-state index contributed by atoms with van der Waals surface area (Å²) in [6.07, 6.45) is 0.208. The predicted molar refractivity (Wildman–Crippen MR) is 118 cm³/mol. The molecule has 2 aromatic carbocycles. The van der Waals surface area contributed by atoms with Gasteiger partial charge in [-0.2, -0.15) is 0 Å². The third-order valence-electron chi connectivity index (χ3n) is 5.95. The van der Waals surface area contributed by atoms with E-state index in [1.165, 1.54) is 27.8 Å². The highest BCUT2D eigenvalue weighted by molar-refractivity contribution is 6.62. The number of aryl methyl sites for hydroxylation is 4. The van der Waals surface area contributed by atoms with Crippen LogP contribution < -0.4 is 10.9 Å². The van der Waals surface area contributed by atoms with E-state index in [2.05, 4.69) is 65.0 Å². The minimum Gasteiger partial charge on any atom is -0.407 e. The standard InChI is InChI=1S/C23H30B2O4/c1-14-7-15(2)9-20(8-14)25-27-13-22(19(6)29-25)23-16(3)10-21(11-17(23)4)24-26-12-18(5)28-24/h7-11,18-19,22H,12-13H2,1-6H3. The van der Waals surface area contributed by atoms with Crippen LogP contribution in [0.25, 0.3) is 0 Å². The summed E-state index contributed by atoms with van der Waals surface area (Å²) in [4.78, 5) is 0. The van der Waals surface area contributed by atoms with Crippen LogP contribution in [0.1, 0.15) is 47.6 Å². The highest BCUT2D eigenvalue weighted by Gasteiger charge is 2.37. The van der Waals surface area contributed by atoms with E-state index in [0.717, 1.165) is 10.9 Å². The zero-order chi connectivity index (χ0) is 20.7. The fourth-order valence-corrected chi connectivity index (χ4v) is 4.71. The van der Waals surface area contributed by atoms with Crippen molar-refractivity contribution in [2.75, 3.05) is 13.2 Å². The molecular formula is C23H30B2O4.